The fourth-order valence-electron chi connectivity index (χ4n) is 3.73. The molecule has 4 rings (SSSR count). The molecular weight excluding hydrogens is 414 g/mol. The molecule has 0 aromatic heterocycles. The molecule has 1 atom stereocenters. The second-order valence-corrected chi connectivity index (χ2v) is 7.75. The van der Waals surface area contributed by atoms with E-state index in [4.69, 9.17) is 14.2 Å². The van der Waals surface area contributed by atoms with Crippen molar-refractivity contribution in [1.82, 2.24) is 15.5 Å². The Labute approximate surface area is 185 Å². The number of carbonyl (C=O) groups excluding carboxylic acids is 3. The van der Waals surface area contributed by atoms with E-state index < -0.39 is 23.4 Å². The number of nitrogens with zero attached hydrogens (tertiary/aromatic N) is 1. The summed E-state index contributed by atoms with van der Waals surface area (Å²) in [5.41, 5.74) is 0.297. The molecule has 2 aliphatic rings. The van der Waals surface area contributed by atoms with Gasteiger partial charge in [-0.25, -0.2) is 4.79 Å². The second-order valence-electron chi connectivity index (χ2n) is 7.75. The molecule has 2 aromatic rings. The zero-order valence-corrected chi connectivity index (χ0v) is 18.0. The summed E-state index contributed by atoms with van der Waals surface area (Å²) in [4.78, 5) is 38.9. The first-order valence-electron chi connectivity index (χ1n) is 10.3. The topological polar surface area (TPSA) is 106 Å². The minimum atomic E-state index is -1.30. The normalized spacial score (nSPS) is 19.5. The molecule has 4 amide bonds. The number of carbonyl (C=O) groups is 3. The van der Waals surface area contributed by atoms with Gasteiger partial charge in [0.2, 0.25) is 5.91 Å². The largest absolute Gasteiger partial charge is 0.497 e. The summed E-state index contributed by atoms with van der Waals surface area (Å²) in [5.74, 6) is 0.968. The van der Waals surface area contributed by atoms with E-state index in [0.717, 1.165) is 16.2 Å². The zero-order chi connectivity index (χ0) is 22.7. The summed E-state index contributed by atoms with van der Waals surface area (Å²) < 4.78 is 16.2. The Morgan fingerprint density at radius 1 is 1.12 bits per heavy atom. The molecule has 1 saturated heterocycles. The number of imide groups is 1. The summed E-state index contributed by atoms with van der Waals surface area (Å²) in [6.07, 6.45) is 0.616. The number of benzene rings is 2. The number of rotatable bonds is 7. The van der Waals surface area contributed by atoms with Crippen LogP contribution in [0.2, 0.25) is 0 Å². The van der Waals surface area contributed by atoms with Gasteiger partial charge in [0.25, 0.3) is 5.91 Å². The molecule has 9 heteroatoms. The van der Waals surface area contributed by atoms with Gasteiger partial charge in [-0.2, -0.15) is 0 Å². The van der Waals surface area contributed by atoms with Crippen molar-refractivity contribution in [2.45, 2.75) is 18.9 Å². The first kappa shape index (κ1) is 21.5. The van der Waals surface area contributed by atoms with Crippen LogP contribution in [0.25, 0.3) is 0 Å². The van der Waals surface area contributed by atoms with Gasteiger partial charge >= 0.3 is 6.03 Å². The third kappa shape index (κ3) is 4.18. The summed E-state index contributed by atoms with van der Waals surface area (Å²) >= 11 is 0. The molecular formula is C23H25N3O6. The predicted molar refractivity (Wildman–Crippen MR) is 115 cm³/mol. The Morgan fingerprint density at radius 2 is 1.84 bits per heavy atom. The van der Waals surface area contributed by atoms with Gasteiger partial charge < -0.3 is 24.8 Å². The molecule has 0 radical (unpaired) electrons. The number of hydrogen-bond donors (Lipinski definition) is 2. The van der Waals surface area contributed by atoms with E-state index in [9.17, 15) is 14.4 Å². The number of ether oxygens (including phenoxy) is 3. The third-order valence-electron chi connectivity index (χ3n) is 5.59. The maximum absolute atomic E-state index is 13.1. The lowest BCUT2D eigenvalue weighted by Crippen LogP contribution is -2.43. The smallest absolute Gasteiger partial charge is 0.325 e. The van der Waals surface area contributed by atoms with Crippen molar-refractivity contribution in [2.75, 3.05) is 33.4 Å². The number of amides is 4. The Bertz CT molecular complexity index is 1040. The van der Waals surface area contributed by atoms with E-state index in [2.05, 4.69) is 10.6 Å². The summed E-state index contributed by atoms with van der Waals surface area (Å²) in [5, 5.41) is 5.46. The van der Waals surface area contributed by atoms with Gasteiger partial charge in [-0.1, -0.05) is 18.2 Å². The van der Waals surface area contributed by atoms with Gasteiger partial charge in [0.05, 0.1) is 7.11 Å². The lowest BCUT2D eigenvalue weighted by molar-refractivity contribution is -0.134. The van der Waals surface area contributed by atoms with Crippen molar-refractivity contribution in [3.05, 3.63) is 53.6 Å². The van der Waals surface area contributed by atoms with Gasteiger partial charge in [0.1, 0.15) is 31.0 Å². The molecule has 1 fully saturated rings. The van der Waals surface area contributed by atoms with Crippen LogP contribution in [0.1, 0.15) is 18.1 Å². The van der Waals surface area contributed by atoms with Crippen LogP contribution in [0.5, 0.6) is 17.2 Å². The summed E-state index contributed by atoms with van der Waals surface area (Å²) in [7, 11) is 1.60. The molecule has 1 unspecified atom stereocenters. The van der Waals surface area contributed by atoms with Crippen LogP contribution in [0.4, 0.5) is 4.79 Å². The first-order chi connectivity index (χ1) is 15.4. The van der Waals surface area contributed by atoms with Gasteiger partial charge in [0, 0.05) is 6.54 Å². The number of urea groups is 1. The SMILES string of the molecule is COc1ccc(CCNC(=O)CN2C(=O)NC(C)(c3ccc4c(c3)OCCO4)C2=O)cc1. The molecule has 0 spiro atoms. The maximum Gasteiger partial charge on any atom is 0.325 e. The van der Waals surface area contributed by atoms with Crippen molar-refractivity contribution in [3.63, 3.8) is 0 Å². The van der Waals surface area contributed by atoms with Crippen LogP contribution in [0.15, 0.2) is 42.5 Å². The van der Waals surface area contributed by atoms with Crippen LogP contribution < -0.4 is 24.8 Å². The van der Waals surface area contributed by atoms with E-state index in [1.54, 1.807) is 32.2 Å². The van der Waals surface area contributed by atoms with Crippen LogP contribution >= 0.6 is 0 Å². The molecule has 2 heterocycles. The van der Waals surface area contributed by atoms with Crippen molar-refractivity contribution in [2.24, 2.45) is 0 Å². The van der Waals surface area contributed by atoms with E-state index in [1.165, 1.54) is 0 Å². The number of fused-ring (bicyclic) bond motifs is 1. The minimum Gasteiger partial charge on any atom is -0.497 e. The summed E-state index contributed by atoms with van der Waals surface area (Å²) in [6, 6.07) is 12.0. The lowest BCUT2D eigenvalue weighted by Gasteiger charge is -2.25. The van der Waals surface area contributed by atoms with Crippen LogP contribution in [0.3, 0.4) is 0 Å². The standard InChI is InChI=1S/C23H25N3O6/c1-23(16-5-8-18-19(13-16)32-12-11-31-18)21(28)26(22(29)25-23)14-20(27)24-10-9-15-3-6-17(30-2)7-4-15/h3-8,13H,9-12,14H2,1-2H3,(H,24,27)(H,25,29). The highest BCUT2D eigenvalue weighted by molar-refractivity contribution is 6.09. The number of hydrogen-bond acceptors (Lipinski definition) is 6. The number of nitrogens with one attached hydrogen (secondary N) is 2. The molecule has 0 bridgehead atoms. The molecule has 2 aliphatic heterocycles. The Kier molecular flexibility index (Phi) is 5.89. The Morgan fingerprint density at radius 3 is 2.56 bits per heavy atom. The molecule has 2 aromatic carbocycles. The van der Waals surface area contributed by atoms with Crippen molar-refractivity contribution < 1.29 is 28.6 Å². The monoisotopic (exact) mass is 439 g/mol. The molecule has 0 aliphatic carbocycles. The van der Waals surface area contributed by atoms with Crippen LogP contribution in [0, 0.1) is 0 Å². The highest BCUT2D eigenvalue weighted by Gasteiger charge is 2.49. The fourth-order valence-corrected chi connectivity index (χ4v) is 3.73. The van der Waals surface area contributed by atoms with Crippen molar-refractivity contribution >= 4 is 17.8 Å². The molecule has 0 saturated carbocycles. The fraction of sp³-hybridized carbons (Fsp3) is 0.348. The second kappa shape index (κ2) is 8.78. The predicted octanol–water partition coefficient (Wildman–Crippen LogP) is 1.59. The van der Waals surface area contributed by atoms with Gasteiger partial charge in [-0.3, -0.25) is 14.5 Å². The van der Waals surface area contributed by atoms with Gasteiger partial charge in [0.15, 0.2) is 11.5 Å². The molecule has 32 heavy (non-hydrogen) atoms. The van der Waals surface area contributed by atoms with E-state index in [0.29, 0.717) is 43.2 Å². The zero-order valence-electron chi connectivity index (χ0n) is 18.0. The molecule has 9 nitrogen and oxygen atoms in total. The Balaban J connectivity index is 1.36. The third-order valence-corrected chi connectivity index (χ3v) is 5.59. The van der Waals surface area contributed by atoms with E-state index in [1.807, 2.05) is 24.3 Å². The molecule has 168 valence electrons. The first-order valence-corrected chi connectivity index (χ1v) is 10.3. The van der Waals surface area contributed by atoms with Crippen molar-refractivity contribution in [1.29, 1.82) is 0 Å². The van der Waals surface area contributed by atoms with E-state index in [-0.39, 0.29) is 6.54 Å². The average molecular weight is 439 g/mol. The van der Waals surface area contributed by atoms with Crippen molar-refractivity contribution in [3.8, 4) is 17.2 Å². The lowest BCUT2D eigenvalue weighted by atomic mass is 9.91. The highest BCUT2D eigenvalue weighted by Crippen LogP contribution is 2.36. The summed E-state index contributed by atoms with van der Waals surface area (Å²) in [6.45, 7) is 2.51. The van der Waals surface area contributed by atoms with E-state index >= 15 is 0 Å². The Hall–Kier alpha value is -3.75. The highest BCUT2D eigenvalue weighted by atomic mass is 16.6. The van der Waals surface area contributed by atoms with Gasteiger partial charge in [-0.05, 0) is 48.7 Å². The number of methoxy groups -OCH3 is 1. The maximum atomic E-state index is 13.1. The van der Waals surface area contributed by atoms with Crippen LogP contribution in [-0.4, -0.2) is 56.2 Å². The average Bonchev–Trinajstić information content (AvgIpc) is 3.03. The minimum absolute atomic E-state index is 0.354. The van der Waals surface area contributed by atoms with Crippen LogP contribution in [-0.2, 0) is 21.5 Å². The van der Waals surface area contributed by atoms with Gasteiger partial charge in [-0.15, -0.1) is 0 Å². The molecule has 2 N–H and O–H groups in total. The quantitative estimate of drug-likeness (QED) is 0.635.